The highest BCUT2D eigenvalue weighted by Gasteiger charge is 2.17. The first kappa shape index (κ1) is 10.3. The summed E-state index contributed by atoms with van der Waals surface area (Å²) < 4.78 is 4.93. The molecule has 0 aromatic carbocycles. The number of carbonyl (C=O) groups is 1. The van der Waals surface area contributed by atoms with Gasteiger partial charge in [0.25, 0.3) is 0 Å². The molecule has 4 nitrogen and oxygen atoms in total. The smallest absolute Gasteiger partial charge is 0.408 e. The molecular weight excluding hydrogens is 168 g/mol. The largest absolute Gasteiger partial charge is 0.450 e. The van der Waals surface area contributed by atoms with Gasteiger partial charge in [0.15, 0.2) is 0 Å². The molecule has 0 aliphatic carbocycles. The van der Waals surface area contributed by atoms with Crippen LogP contribution < -0.4 is 10.6 Å². The third-order valence-electron chi connectivity index (χ3n) is 2.00. The Morgan fingerprint density at radius 1 is 1.69 bits per heavy atom. The molecule has 0 aromatic rings. The molecule has 75 valence electrons. The van der Waals surface area contributed by atoms with E-state index in [4.69, 9.17) is 4.74 Å². The molecule has 1 heterocycles. The zero-order chi connectivity index (χ0) is 9.52. The van der Waals surface area contributed by atoms with Gasteiger partial charge >= 0.3 is 6.09 Å². The van der Waals surface area contributed by atoms with Crippen LogP contribution in [-0.2, 0) is 4.74 Å². The van der Waals surface area contributed by atoms with Crippen molar-refractivity contribution in [1.29, 1.82) is 0 Å². The highest BCUT2D eigenvalue weighted by molar-refractivity contribution is 5.67. The van der Waals surface area contributed by atoms with E-state index in [1.54, 1.807) is 0 Å². The first-order valence-corrected chi connectivity index (χ1v) is 4.93. The van der Waals surface area contributed by atoms with Gasteiger partial charge in [-0.15, -0.1) is 0 Å². The lowest BCUT2D eigenvalue weighted by Gasteiger charge is -2.11. The lowest BCUT2D eigenvalue weighted by atomic mass is 10.3. The lowest BCUT2D eigenvalue weighted by Crippen LogP contribution is -2.38. The number of amides is 1. The molecule has 4 heteroatoms. The molecule has 13 heavy (non-hydrogen) atoms. The molecule has 1 N–H and O–H groups in total. The fourth-order valence-electron chi connectivity index (χ4n) is 1.23. The molecule has 1 radical (unpaired) electrons. The molecule has 1 fully saturated rings. The van der Waals surface area contributed by atoms with Gasteiger partial charge in [-0.1, -0.05) is 13.3 Å². The number of hydrogen-bond donors (Lipinski definition) is 1. The van der Waals surface area contributed by atoms with Crippen LogP contribution in [0.15, 0.2) is 0 Å². The molecule has 1 aliphatic heterocycles. The fourth-order valence-corrected chi connectivity index (χ4v) is 1.23. The highest BCUT2D eigenvalue weighted by atomic mass is 16.5. The van der Waals surface area contributed by atoms with Gasteiger partial charge in [0.2, 0.25) is 0 Å². The number of alkyl carbamates (subject to hydrolysis) is 1. The van der Waals surface area contributed by atoms with Crippen LogP contribution in [0.4, 0.5) is 4.79 Å². The minimum Gasteiger partial charge on any atom is -0.450 e. The predicted molar refractivity (Wildman–Crippen MR) is 49.4 cm³/mol. The van der Waals surface area contributed by atoms with Crippen LogP contribution in [0.25, 0.3) is 0 Å². The summed E-state index contributed by atoms with van der Waals surface area (Å²) >= 11 is 0. The van der Waals surface area contributed by atoms with Crippen molar-refractivity contribution in [3.8, 4) is 0 Å². The molecule has 1 atom stereocenters. The topological polar surface area (TPSA) is 52.4 Å². The van der Waals surface area contributed by atoms with Gasteiger partial charge in [-0.3, -0.25) is 0 Å². The van der Waals surface area contributed by atoms with Gasteiger partial charge in [0.1, 0.15) is 0 Å². The molecule has 0 spiro atoms. The normalized spacial score (nSPS) is 21.5. The van der Waals surface area contributed by atoms with Crippen LogP contribution in [-0.4, -0.2) is 25.4 Å². The van der Waals surface area contributed by atoms with Crippen molar-refractivity contribution in [3.05, 3.63) is 0 Å². The van der Waals surface area contributed by atoms with Crippen molar-refractivity contribution in [1.82, 2.24) is 10.6 Å². The standard InChI is InChI=1S/C9H17N2O2/c1-2-3-7-13-9(12)11-8-5-4-6-10-8/h8H,2-7H2,1H3,(H,11,12). The van der Waals surface area contributed by atoms with Crippen LogP contribution in [0.1, 0.15) is 32.6 Å². The van der Waals surface area contributed by atoms with E-state index in [0.717, 1.165) is 32.2 Å². The summed E-state index contributed by atoms with van der Waals surface area (Å²) in [6.45, 7) is 3.43. The Kier molecular flexibility index (Phi) is 4.60. The summed E-state index contributed by atoms with van der Waals surface area (Å²) in [5.74, 6) is 0. The average molecular weight is 185 g/mol. The van der Waals surface area contributed by atoms with E-state index in [1.165, 1.54) is 0 Å². The van der Waals surface area contributed by atoms with Gasteiger partial charge in [-0.2, -0.15) is 0 Å². The van der Waals surface area contributed by atoms with Gasteiger partial charge < -0.3 is 10.1 Å². The third kappa shape index (κ3) is 4.12. The van der Waals surface area contributed by atoms with E-state index in [1.807, 2.05) is 0 Å². The maximum Gasteiger partial charge on any atom is 0.408 e. The molecule has 1 saturated heterocycles. The minimum absolute atomic E-state index is 0.00544. The van der Waals surface area contributed by atoms with Gasteiger partial charge in [0.05, 0.1) is 12.8 Å². The molecule has 1 aliphatic rings. The predicted octanol–water partition coefficient (Wildman–Crippen LogP) is 1.24. The van der Waals surface area contributed by atoms with Gasteiger partial charge in [-0.05, 0) is 19.3 Å². The van der Waals surface area contributed by atoms with E-state index >= 15 is 0 Å². The summed E-state index contributed by atoms with van der Waals surface area (Å²) in [7, 11) is 0. The summed E-state index contributed by atoms with van der Waals surface area (Å²) in [6, 6.07) is 0. The van der Waals surface area contributed by atoms with Crippen LogP contribution in [0.2, 0.25) is 0 Å². The van der Waals surface area contributed by atoms with Crippen LogP contribution >= 0.6 is 0 Å². The molecule has 0 bridgehead atoms. The quantitative estimate of drug-likeness (QED) is 0.670. The van der Waals surface area contributed by atoms with Gasteiger partial charge in [0, 0.05) is 6.54 Å². The Morgan fingerprint density at radius 2 is 2.54 bits per heavy atom. The number of nitrogens with one attached hydrogen (secondary N) is 1. The SMILES string of the molecule is CCCCOC(=O)NC1CCC[N]1. The summed E-state index contributed by atoms with van der Waals surface area (Å²) in [4.78, 5) is 11.1. The van der Waals surface area contributed by atoms with E-state index < -0.39 is 0 Å². The van der Waals surface area contributed by atoms with E-state index in [-0.39, 0.29) is 12.3 Å². The molecule has 1 unspecified atom stereocenters. The van der Waals surface area contributed by atoms with Crippen molar-refractivity contribution in [2.45, 2.75) is 38.8 Å². The second-order valence-corrected chi connectivity index (χ2v) is 3.20. The number of carbonyl (C=O) groups excluding carboxylic acids is 1. The van der Waals surface area contributed by atoms with Crippen molar-refractivity contribution in [3.63, 3.8) is 0 Å². The minimum atomic E-state index is -0.330. The van der Waals surface area contributed by atoms with E-state index in [2.05, 4.69) is 17.6 Å². The summed E-state index contributed by atoms with van der Waals surface area (Å²) in [5.41, 5.74) is 0. The molecule has 0 aromatic heterocycles. The number of ether oxygens (including phenoxy) is 1. The fraction of sp³-hybridized carbons (Fsp3) is 0.889. The Bertz CT molecular complexity index is 156. The number of unbranched alkanes of at least 4 members (excludes halogenated alkanes) is 1. The lowest BCUT2D eigenvalue weighted by molar-refractivity contribution is 0.139. The maximum atomic E-state index is 11.1. The maximum absolute atomic E-state index is 11.1. The second kappa shape index (κ2) is 5.80. The second-order valence-electron chi connectivity index (χ2n) is 3.20. The molecule has 1 rings (SSSR count). The van der Waals surface area contributed by atoms with E-state index in [0.29, 0.717) is 6.61 Å². The molecule has 0 saturated carbocycles. The van der Waals surface area contributed by atoms with Crippen LogP contribution in [0.3, 0.4) is 0 Å². The van der Waals surface area contributed by atoms with E-state index in [9.17, 15) is 4.79 Å². The monoisotopic (exact) mass is 185 g/mol. The van der Waals surface area contributed by atoms with Crippen molar-refractivity contribution in [2.24, 2.45) is 0 Å². The number of nitrogens with zero attached hydrogens (tertiary/aromatic N) is 1. The number of hydrogen-bond acceptors (Lipinski definition) is 2. The third-order valence-corrected chi connectivity index (χ3v) is 2.00. The Hall–Kier alpha value is -0.770. The Morgan fingerprint density at radius 3 is 3.15 bits per heavy atom. The highest BCUT2D eigenvalue weighted by Crippen LogP contribution is 2.03. The molecular formula is C9H17N2O2. The van der Waals surface area contributed by atoms with Crippen LogP contribution in [0.5, 0.6) is 0 Å². The number of rotatable bonds is 4. The van der Waals surface area contributed by atoms with Gasteiger partial charge in [-0.25, -0.2) is 10.1 Å². The Labute approximate surface area is 79.0 Å². The Balaban J connectivity index is 2.02. The van der Waals surface area contributed by atoms with Crippen molar-refractivity contribution in [2.75, 3.05) is 13.2 Å². The first-order chi connectivity index (χ1) is 6.33. The average Bonchev–Trinajstić information content (AvgIpc) is 2.57. The summed E-state index contributed by atoms with van der Waals surface area (Å²) in [5, 5.41) is 6.90. The molecule has 1 amide bonds. The zero-order valence-electron chi connectivity index (χ0n) is 8.08. The van der Waals surface area contributed by atoms with Crippen molar-refractivity contribution >= 4 is 6.09 Å². The van der Waals surface area contributed by atoms with Crippen LogP contribution in [0, 0.1) is 0 Å². The summed E-state index contributed by atoms with van der Waals surface area (Å²) in [6.07, 6.45) is 3.65. The zero-order valence-corrected chi connectivity index (χ0v) is 8.08. The van der Waals surface area contributed by atoms with Crippen molar-refractivity contribution < 1.29 is 9.53 Å². The first-order valence-electron chi connectivity index (χ1n) is 4.93.